The number of halogens is 1. The summed E-state index contributed by atoms with van der Waals surface area (Å²) in [6.07, 6.45) is 9.75. The van der Waals surface area contributed by atoms with Gasteiger partial charge in [-0.25, -0.2) is 4.39 Å². The molecule has 3 N–H and O–H groups in total. The molecular formula is C23H34FN7. The number of aromatic nitrogens is 3. The van der Waals surface area contributed by atoms with E-state index < -0.39 is 0 Å². The molecule has 1 aliphatic heterocycles. The minimum absolute atomic E-state index is 0.296. The predicted molar refractivity (Wildman–Crippen MR) is 123 cm³/mol. The lowest BCUT2D eigenvalue weighted by atomic mass is 10.1. The van der Waals surface area contributed by atoms with Gasteiger partial charge in [0, 0.05) is 24.3 Å². The van der Waals surface area contributed by atoms with Gasteiger partial charge < -0.3 is 16.0 Å². The monoisotopic (exact) mass is 427 g/mol. The third-order valence-electron chi connectivity index (χ3n) is 6.31. The second-order valence-corrected chi connectivity index (χ2v) is 8.58. The van der Waals surface area contributed by atoms with Crippen molar-refractivity contribution >= 4 is 23.5 Å². The van der Waals surface area contributed by atoms with Crippen molar-refractivity contribution in [3.8, 4) is 0 Å². The number of likely N-dealkylation sites (N-methyl/N-ethyl adjacent to an activating group) is 1. The second-order valence-electron chi connectivity index (χ2n) is 8.58. The molecule has 0 amide bonds. The van der Waals surface area contributed by atoms with Crippen LogP contribution >= 0.6 is 0 Å². The summed E-state index contributed by atoms with van der Waals surface area (Å²) in [5.74, 6) is 1.24. The number of hydrogen-bond donors (Lipinski definition) is 3. The third kappa shape index (κ3) is 6.26. The van der Waals surface area contributed by atoms with E-state index in [2.05, 4.69) is 42.7 Å². The van der Waals surface area contributed by atoms with Gasteiger partial charge in [0.25, 0.3) is 0 Å². The number of benzene rings is 1. The zero-order valence-electron chi connectivity index (χ0n) is 18.4. The minimum atomic E-state index is -0.296. The van der Waals surface area contributed by atoms with Gasteiger partial charge in [-0.1, -0.05) is 38.7 Å². The van der Waals surface area contributed by atoms with Crippen molar-refractivity contribution in [2.24, 2.45) is 0 Å². The summed E-state index contributed by atoms with van der Waals surface area (Å²) in [7, 11) is 0. The van der Waals surface area contributed by atoms with Crippen LogP contribution in [0.3, 0.4) is 0 Å². The van der Waals surface area contributed by atoms with Crippen molar-refractivity contribution in [3.05, 3.63) is 30.1 Å². The van der Waals surface area contributed by atoms with Gasteiger partial charge in [0.15, 0.2) is 0 Å². The fourth-order valence-corrected chi connectivity index (χ4v) is 4.63. The molecule has 1 aromatic heterocycles. The van der Waals surface area contributed by atoms with Gasteiger partial charge >= 0.3 is 0 Å². The molecule has 2 aliphatic rings. The second kappa shape index (κ2) is 10.7. The Labute approximate surface area is 184 Å². The highest BCUT2D eigenvalue weighted by atomic mass is 19.1. The molecule has 1 saturated heterocycles. The van der Waals surface area contributed by atoms with E-state index in [1.54, 1.807) is 12.1 Å². The summed E-state index contributed by atoms with van der Waals surface area (Å²) in [5.41, 5.74) is 0.616. The number of likely N-dealkylation sites (tertiary alicyclic amines) is 1. The molecule has 1 aliphatic carbocycles. The highest BCUT2D eigenvalue weighted by Gasteiger charge is 2.23. The average Bonchev–Trinajstić information content (AvgIpc) is 3.07. The van der Waals surface area contributed by atoms with E-state index in [0.29, 0.717) is 35.6 Å². The first-order chi connectivity index (χ1) is 15.2. The van der Waals surface area contributed by atoms with Gasteiger partial charge in [-0.05, 0) is 57.0 Å². The first-order valence-corrected chi connectivity index (χ1v) is 11.7. The van der Waals surface area contributed by atoms with Crippen LogP contribution in [-0.2, 0) is 0 Å². The summed E-state index contributed by atoms with van der Waals surface area (Å²) in [4.78, 5) is 16.3. The molecule has 0 spiro atoms. The lowest BCUT2D eigenvalue weighted by molar-refractivity contribution is 0.277. The van der Waals surface area contributed by atoms with E-state index in [1.807, 2.05) is 0 Å². The molecule has 0 bridgehead atoms. The molecule has 2 aromatic rings. The van der Waals surface area contributed by atoms with Crippen molar-refractivity contribution in [3.63, 3.8) is 0 Å². The van der Waals surface area contributed by atoms with Gasteiger partial charge in [0.2, 0.25) is 17.8 Å². The number of nitrogens with zero attached hydrogens (tertiary/aromatic N) is 4. The maximum atomic E-state index is 13.6. The highest BCUT2D eigenvalue weighted by molar-refractivity contribution is 5.55. The fraction of sp³-hybridized carbons (Fsp3) is 0.609. The predicted octanol–water partition coefficient (Wildman–Crippen LogP) is 4.79. The number of anilines is 4. The van der Waals surface area contributed by atoms with Gasteiger partial charge in [-0.15, -0.1) is 0 Å². The molecule has 4 rings (SSSR count). The van der Waals surface area contributed by atoms with Crippen LogP contribution < -0.4 is 16.0 Å². The van der Waals surface area contributed by atoms with Gasteiger partial charge in [0.1, 0.15) is 5.82 Å². The molecule has 8 heteroatoms. The zero-order chi connectivity index (χ0) is 21.5. The van der Waals surface area contributed by atoms with Crippen molar-refractivity contribution in [2.75, 3.05) is 35.6 Å². The maximum absolute atomic E-state index is 13.6. The van der Waals surface area contributed by atoms with Crippen LogP contribution in [0.1, 0.15) is 58.3 Å². The maximum Gasteiger partial charge on any atom is 0.233 e. The normalized spacial score (nSPS) is 20.4. The molecule has 31 heavy (non-hydrogen) atoms. The van der Waals surface area contributed by atoms with Gasteiger partial charge in [-0.2, -0.15) is 15.0 Å². The largest absolute Gasteiger partial charge is 0.352 e. The third-order valence-corrected chi connectivity index (χ3v) is 6.31. The average molecular weight is 428 g/mol. The van der Waals surface area contributed by atoms with E-state index in [9.17, 15) is 4.39 Å². The molecule has 1 unspecified atom stereocenters. The Morgan fingerprint density at radius 3 is 2.52 bits per heavy atom. The molecular weight excluding hydrogens is 393 g/mol. The van der Waals surface area contributed by atoms with Crippen molar-refractivity contribution in [1.29, 1.82) is 0 Å². The Morgan fingerprint density at radius 2 is 1.74 bits per heavy atom. The van der Waals surface area contributed by atoms with Crippen LogP contribution in [0.15, 0.2) is 24.3 Å². The Balaban J connectivity index is 1.50. The molecule has 7 nitrogen and oxygen atoms in total. The Hall–Kier alpha value is -2.48. The first kappa shape index (κ1) is 21.7. The molecule has 1 aromatic carbocycles. The topological polar surface area (TPSA) is 78.0 Å². The number of rotatable bonds is 8. The molecule has 1 atom stereocenters. The molecule has 2 fully saturated rings. The molecule has 1 saturated carbocycles. The van der Waals surface area contributed by atoms with Crippen LogP contribution in [-0.4, -0.2) is 51.6 Å². The summed E-state index contributed by atoms with van der Waals surface area (Å²) >= 11 is 0. The number of hydrogen-bond acceptors (Lipinski definition) is 7. The molecule has 2 heterocycles. The van der Waals surface area contributed by atoms with Crippen molar-refractivity contribution < 1.29 is 4.39 Å². The van der Waals surface area contributed by atoms with E-state index in [-0.39, 0.29) is 5.82 Å². The standard InChI is InChI=1S/C23H34FN7/c1-2-31-14-8-13-20(31)16-25-21-28-22(26-18-10-5-3-4-6-11-18)30-23(29-21)27-19-12-7-9-17(24)15-19/h7,9,12,15,18,20H,2-6,8,10-11,13-14,16H2,1H3,(H3,25,26,27,28,29,30). The fourth-order valence-electron chi connectivity index (χ4n) is 4.63. The SMILES string of the molecule is CCN1CCCC1CNc1nc(Nc2cccc(F)c2)nc(NC2CCCCCC2)n1. The highest BCUT2D eigenvalue weighted by Crippen LogP contribution is 2.22. The van der Waals surface area contributed by atoms with Crippen LogP contribution in [0.25, 0.3) is 0 Å². The quantitative estimate of drug-likeness (QED) is 0.523. The van der Waals surface area contributed by atoms with Crippen molar-refractivity contribution in [2.45, 2.75) is 70.4 Å². The van der Waals surface area contributed by atoms with Crippen LogP contribution in [0.2, 0.25) is 0 Å². The van der Waals surface area contributed by atoms with Crippen LogP contribution in [0.4, 0.5) is 27.9 Å². The Bertz CT molecular complexity index is 838. The number of nitrogens with one attached hydrogen (secondary N) is 3. The smallest absolute Gasteiger partial charge is 0.233 e. The minimum Gasteiger partial charge on any atom is -0.352 e. The summed E-state index contributed by atoms with van der Waals surface area (Å²) in [6.45, 7) is 5.22. The van der Waals surface area contributed by atoms with Crippen LogP contribution in [0.5, 0.6) is 0 Å². The molecule has 168 valence electrons. The lowest BCUT2D eigenvalue weighted by Crippen LogP contribution is -2.35. The van der Waals surface area contributed by atoms with Gasteiger partial charge in [0.05, 0.1) is 0 Å². The summed E-state index contributed by atoms with van der Waals surface area (Å²) in [6, 6.07) is 7.21. The van der Waals surface area contributed by atoms with E-state index in [4.69, 9.17) is 0 Å². The van der Waals surface area contributed by atoms with Crippen LogP contribution in [0, 0.1) is 5.82 Å². The summed E-state index contributed by atoms with van der Waals surface area (Å²) in [5, 5.41) is 10.1. The van der Waals surface area contributed by atoms with E-state index >= 15 is 0 Å². The Morgan fingerprint density at radius 1 is 0.968 bits per heavy atom. The van der Waals surface area contributed by atoms with E-state index in [0.717, 1.165) is 32.5 Å². The van der Waals surface area contributed by atoms with E-state index in [1.165, 1.54) is 50.7 Å². The lowest BCUT2D eigenvalue weighted by Gasteiger charge is -2.23. The zero-order valence-corrected chi connectivity index (χ0v) is 18.4. The first-order valence-electron chi connectivity index (χ1n) is 11.7. The molecule has 0 radical (unpaired) electrons. The Kier molecular flexibility index (Phi) is 7.51. The van der Waals surface area contributed by atoms with Gasteiger partial charge in [-0.3, -0.25) is 4.90 Å². The van der Waals surface area contributed by atoms with Crippen molar-refractivity contribution in [1.82, 2.24) is 19.9 Å². The summed E-state index contributed by atoms with van der Waals surface area (Å²) < 4.78 is 13.6.